The fourth-order valence-electron chi connectivity index (χ4n) is 4.71. The number of sulfonamides is 1. The molecule has 0 spiro atoms. The minimum atomic E-state index is -3.70. The maximum Gasteiger partial charge on any atom is 0.248 e. The zero-order valence-corrected chi connectivity index (χ0v) is 22.6. The lowest BCUT2D eigenvalue weighted by Crippen LogP contribution is -2.40. The summed E-state index contributed by atoms with van der Waals surface area (Å²) in [5, 5.41) is 0. The van der Waals surface area contributed by atoms with Crippen LogP contribution in [0.1, 0.15) is 28.1 Å². The molecule has 2 aromatic heterocycles. The zero-order valence-electron chi connectivity index (χ0n) is 21.8. The zero-order chi connectivity index (χ0) is 26.6. The molecule has 4 rings (SSSR count). The number of rotatable bonds is 10. The summed E-state index contributed by atoms with van der Waals surface area (Å²) in [6.07, 6.45) is 4.44. The third kappa shape index (κ3) is 6.03. The molecule has 3 aromatic rings. The molecule has 0 saturated carbocycles. The van der Waals surface area contributed by atoms with Gasteiger partial charge in [0.1, 0.15) is 12.4 Å². The normalized spacial score (nSPS) is 13.6. The van der Waals surface area contributed by atoms with Crippen LogP contribution in [-0.4, -0.2) is 73.5 Å². The van der Waals surface area contributed by atoms with E-state index in [9.17, 15) is 13.2 Å². The molecule has 0 radical (unpaired) electrons. The Morgan fingerprint density at radius 3 is 2.57 bits per heavy atom. The highest BCUT2D eigenvalue weighted by molar-refractivity contribution is 7.89. The molecule has 1 aliphatic heterocycles. The molecule has 1 aromatic carbocycles. The number of carbonyl (C=O) groups is 1. The number of likely N-dealkylation sites (N-methyl/N-ethyl adjacent to an activating group) is 1. The number of benzene rings is 1. The van der Waals surface area contributed by atoms with Crippen molar-refractivity contribution in [2.24, 2.45) is 0 Å². The molecular formula is C27H34N4O5S. The fraction of sp³-hybridized carbons (Fsp3) is 0.407. The van der Waals surface area contributed by atoms with Gasteiger partial charge in [0.2, 0.25) is 15.9 Å². The molecule has 1 aliphatic rings. The highest BCUT2D eigenvalue weighted by Crippen LogP contribution is 2.27. The first kappa shape index (κ1) is 26.8. The predicted molar refractivity (Wildman–Crippen MR) is 140 cm³/mol. The van der Waals surface area contributed by atoms with Crippen LogP contribution in [0.4, 0.5) is 0 Å². The highest BCUT2D eigenvalue weighted by Gasteiger charge is 2.26. The number of hydrogen-bond acceptors (Lipinski definition) is 6. The Morgan fingerprint density at radius 2 is 1.89 bits per heavy atom. The number of aryl methyl sites for hydroxylation is 2. The molecule has 0 atom stereocenters. The Bertz CT molecular complexity index is 1330. The highest BCUT2D eigenvalue weighted by atomic mass is 32.2. The molecule has 9 nitrogen and oxygen atoms in total. The van der Waals surface area contributed by atoms with Crippen molar-refractivity contribution >= 4 is 15.9 Å². The van der Waals surface area contributed by atoms with Gasteiger partial charge in [-0.1, -0.05) is 6.07 Å². The van der Waals surface area contributed by atoms with Gasteiger partial charge in [0.25, 0.3) is 0 Å². The van der Waals surface area contributed by atoms with Crippen molar-refractivity contribution in [3.8, 4) is 5.75 Å². The van der Waals surface area contributed by atoms with Gasteiger partial charge in [-0.2, -0.15) is 4.31 Å². The van der Waals surface area contributed by atoms with Gasteiger partial charge in [-0.25, -0.2) is 8.42 Å². The molecule has 0 saturated heterocycles. The van der Waals surface area contributed by atoms with Gasteiger partial charge in [0.05, 0.1) is 25.2 Å². The number of carbonyl (C=O) groups excluding carboxylic acids is 1. The maximum atomic E-state index is 13.1. The molecule has 10 heteroatoms. The number of hydrogen-bond donors (Lipinski definition) is 0. The summed E-state index contributed by atoms with van der Waals surface area (Å²) >= 11 is 0. The Kier molecular flexibility index (Phi) is 8.31. The van der Waals surface area contributed by atoms with E-state index >= 15 is 0 Å². The maximum absolute atomic E-state index is 13.1. The number of amides is 1. The van der Waals surface area contributed by atoms with Gasteiger partial charge >= 0.3 is 0 Å². The molecule has 37 heavy (non-hydrogen) atoms. The van der Waals surface area contributed by atoms with Crippen LogP contribution in [0.25, 0.3) is 0 Å². The van der Waals surface area contributed by atoms with Crippen LogP contribution in [0.15, 0.2) is 53.7 Å². The van der Waals surface area contributed by atoms with Gasteiger partial charge in [0.15, 0.2) is 0 Å². The van der Waals surface area contributed by atoms with E-state index in [0.29, 0.717) is 30.0 Å². The summed E-state index contributed by atoms with van der Waals surface area (Å²) in [4.78, 5) is 19.0. The summed E-state index contributed by atoms with van der Waals surface area (Å²) in [7, 11) is -0.634. The second kappa shape index (κ2) is 11.5. The average molecular weight is 527 g/mol. The topological polar surface area (TPSA) is 94.0 Å². The van der Waals surface area contributed by atoms with E-state index in [2.05, 4.69) is 27.8 Å². The SMILES string of the molecule is COc1cc(C)c(S(=O)(=O)N(C)CCOCC(=O)N2CCn3c(Cc4cccnc4)ccc3C2)c(C)c1. The number of methoxy groups -OCH3 is 1. The van der Waals surface area contributed by atoms with Crippen molar-refractivity contribution in [3.63, 3.8) is 0 Å². The standard InChI is InChI=1S/C27H34N4O5S/c1-20-14-25(35-4)15-21(2)27(20)37(33,34)29(3)12-13-36-19-26(32)30-10-11-31-23(7-8-24(31)18-30)16-22-6-5-9-28-17-22/h5-9,14-15,17H,10-13,16,18-19H2,1-4H3. The summed E-state index contributed by atoms with van der Waals surface area (Å²) in [6.45, 7) is 5.54. The van der Waals surface area contributed by atoms with Crippen molar-refractivity contribution in [2.75, 3.05) is 40.5 Å². The third-order valence-electron chi connectivity index (χ3n) is 6.68. The van der Waals surface area contributed by atoms with Gasteiger partial charge in [-0.05, 0) is 60.9 Å². The number of nitrogens with zero attached hydrogens (tertiary/aromatic N) is 4. The van der Waals surface area contributed by atoms with Crippen LogP contribution < -0.4 is 4.74 Å². The first-order valence-corrected chi connectivity index (χ1v) is 13.7. The predicted octanol–water partition coefficient (Wildman–Crippen LogP) is 2.78. The van der Waals surface area contributed by atoms with Crippen LogP contribution in [0.5, 0.6) is 5.75 Å². The number of aromatic nitrogens is 2. The van der Waals surface area contributed by atoms with Gasteiger partial charge < -0.3 is 18.9 Å². The van der Waals surface area contributed by atoms with E-state index in [-0.39, 0.29) is 30.6 Å². The minimum Gasteiger partial charge on any atom is -0.497 e. The van der Waals surface area contributed by atoms with Crippen molar-refractivity contribution in [1.29, 1.82) is 0 Å². The second-order valence-corrected chi connectivity index (χ2v) is 11.3. The van der Waals surface area contributed by atoms with E-state index < -0.39 is 10.0 Å². The summed E-state index contributed by atoms with van der Waals surface area (Å²) in [5.74, 6) is 0.516. The Balaban J connectivity index is 1.27. The minimum absolute atomic E-state index is 0.0856. The smallest absolute Gasteiger partial charge is 0.248 e. The van der Waals surface area contributed by atoms with Gasteiger partial charge in [0, 0.05) is 56.9 Å². The van der Waals surface area contributed by atoms with E-state index in [4.69, 9.17) is 9.47 Å². The van der Waals surface area contributed by atoms with Gasteiger partial charge in [-0.15, -0.1) is 0 Å². The molecule has 0 bridgehead atoms. The van der Waals surface area contributed by atoms with Crippen LogP contribution in [0, 0.1) is 13.8 Å². The van der Waals surface area contributed by atoms with E-state index in [1.54, 1.807) is 44.2 Å². The summed E-state index contributed by atoms with van der Waals surface area (Å²) < 4.78 is 40.6. The van der Waals surface area contributed by atoms with E-state index in [1.165, 1.54) is 17.0 Å². The monoisotopic (exact) mass is 526 g/mol. The van der Waals surface area contributed by atoms with Crippen LogP contribution in [0.2, 0.25) is 0 Å². The molecular weight excluding hydrogens is 492 g/mol. The molecule has 0 unspecified atom stereocenters. The van der Waals surface area contributed by atoms with Crippen molar-refractivity contribution in [3.05, 3.63) is 76.9 Å². The summed E-state index contributed by atoms with van der Waals surface area (Å²) in [5.41, 5.74) is 4.70. The molecule has 0 aliphatic carbocycles. The Labute approximate surface area is 218 Å². The Hall–Kier alpha value is -3.21. The average Bonchev–Trinajstić information content (AvgIpc) is 3.28. The fourth-order valence-corrected chi connectivity index (χ4v) is 6.27. The van der Waals surface area contributed by atoms with Crippen LogP contribution >= 0.6 is 0 Å². The molecule has 1 amide bonds. The molecule has 0 fully saturated rings. The van der Waals surface area contributed by atoms with Crippen LogP contribution in [0.3, 0.4) is 0 Å². The Morgan fingerprint density at radius 1 is 1.14 bits per heavy atom. The second-order valence-electron chi connectivity index (χ2n) is 9.29. The largest absolute Gasteiger partial charge is 0.497 e. The first-order valence-electron chi connectivity index (χ1n) is 12.2. The number of pyridine rings is 1. The molecule has 0 N–H and O–H groups in total. The van der Waals surface area contributed by atoms with Gasteiger partial charge in [-0.3, -0.25) is 9.78 Å². The lowest BCUT2D eigenvalue weighted by Gasteiger charge is -2.30. The first-order chi connectivity index (χ1) is 17.7. The molecule has 198 valence electrons. The van der Waals surface area contributed by atoms with Crippen molar-refractivity contribution in [2.45, 2.75) is 38.3 Å². The van der Waals surface area contributed by atoms with Crippen LogP contribution in [-0.2, 0) is 39.1 Å². The number of ether oxygens (including phenoxy) is 2. The van der Waals surface area contributed by atoms with Crippen molar-refractivity contribution < 1.29 is 22.7 Å². The number of fused-ring (bicyclic) bond motifs is 1. The third-order valence-corrected chi connectivity index (χ3v) is 8.85. The molecule has 3 heterocycles. The lowest BCUT2D eigenvalue weighted by atomic mass is 10.1. The quantitative estimate of drug-likeness (QED) is 0.377. The van der Waals surface area contributed by atoms with E-state index in [0.717, 1.165) is 24.2 Å². The van der Waals surface area contributed by atoms with E-state index in [1.807, 2.05) is 12.3 Å². The summed E-state index contributed by atoms with van der Waals surface area (Å²) in [6, 6.07) is 11.6. The lowest BCUT2D eigenvalue weighted by molar-refractivity contribution is -0.137. The van der Waals surface area contributed by atoms with Crippen molar-refractivity contribution in [1.82, 2.24) is 18.8 Å².